The van der Waals surface area contributed by atoms with Crippen LogP contribution < -0.4 is 23.5 Å². The Morgan fingerprint density at radius 2 is 1.68 bits per heavy atom. The molecule has 0 radical (unpaired) electrons. The molecule has 0 aromatic heterocycles. The Balaban J connectivity index is 1.83. The summed E-state index contributed by atoms with van der Waals surface area (Å²) in [4.78, 5) is 2.28. The summed E-state index contributed by atoms with van der Waals surface area (Å²) in [5, 5.41) is 4.99. The molecule has 0 saturated heterocycles. The average molecular weight is 408 g/mol. The van der Waals surface area contributed by atoms with E-state index in [4.69, 9.17) is 23.5 Å². The summed E-state index contributed by atoms with van der Waals surface area (Å²) in [6, 6.07) is 9.21. The van der Waals surface area contributed by atoms with E-state index in [1.807, 2.05) is 18.2 Å². The fraction of sp³-hybridized carbons (Fsp3) is 0.368. The Bertz CT molecular complexity index is 961. The smallest absolute Gasteiger partial charge is 0.380 e. The van der Waals surface area contributed by atoms with Crippen molar-refractivity contribution in [2.45, 2.75) is 19.5 Å². The van der Waals surface area contributed by atoms with Crippen LogP contribution in [0, 0.1) is 0 Å². The van der Waals surface area contributed by atoms with Crippen molar-refractivity contribution in [2.24, 2.45) is 5.14 Å². The van der Waals surface area contributed by atoms with E-state index >= 15 is 0 Å². The number of nitrogens with zero attached hydrogens (tertiary/aromatic N) is 1. The van der Waals surface area contributed by atoms with E-state index in [0.717, 1.165) is 41.2 Å². The Kier molecular flexibility index (Phi) is 5.97. The van der Waals surface area contributed by atoms with Gasteiger partial charge in [-0.1, -0.05) is 0 Å². The summed E-state index contributed by atoms with van der Waals surface area (Å²) >= 11 is 0. The summed E-state index contributed by atoms with van der Waals surface area (Å²) in [5.74, 6) is 2.01. The van der Waals surface area contributed by atoms with Gasteiger partial charge in [0.25, 0.3) is 0 Å². The summed E-state index contributed by atoms with van der Waals surface area (Å²) < 4.78 is 43.5. The quantitative estimate of drug-likeness (QED) is 0.746. The van der Waals surface area contributed by atoms with Crippen LogP contribution in [0.25, 0.3) is 0 Å². The molecule has 2 N–H and O–H groups in total. The minimum atomic E-state index is -4.12. The number of rotatable bonds is 7. The Morgan fingerprint density at radius 3 is 2.32 bits per heavy atom. The second-order valence-corrected chi connectivity index (χ2v) is 7.64. The van der Waals surface area contributed by atoms with Crippen molar-refractivity contribution in [3.8, 4) is 23.0 Å². The van der Waals surface area contributed by atoms with Crippen molar-refractivity contribution in [3.05, 3.63) is 47.0 Å². The van der Waals surface area contributed by atoms with Gasteiger partial charge >= 0.3 is 10.3 Å². The molecule has 1 aliphatic rings. The molecule has 0 fully saturated rings. The highest BCUT2D eigenvalue weighted by Gasteiger charge is 2.22. The molecule has 0 unspecified atom stereocenters. The average Bonchev–Trinajstić information content (AvgIpc) is 2.66. The zero-order valence-corrected chi connectivity index (χ0v) is 16.9. The highest BCUT2D eigenvalue weighted by Crippen LogP contribution is 2.35. The number of hydrogen-bond acceptors (Lipinski definition) is 7. The molecule has 0 bridgehead atoms. The van der Waals surface area contributed by atoms with Gasteiger partial charge in [0.1, 0.15) is 11.5 Å². The molecule has 1 heterocycles. The van der Waals surface area contributed by atoms with E-state index in [-0.39, 0.29) is 5.75 Å². The van der Waals surface area contributed by atoms with E-state index in [9.17, 15) is 8.42 Å². The lowest BCUT2D eigenvalue weighted by Crippen LogP contribution is -2.30. The predicted molar refractivity (Wildman–Crippen MR) is 104 cm³/mol. The Labute approximate surface area is 165 Å². The monoisotopic (exact) mass is 408 g/mol. The summed E-state index contributed by atoms with van der Waals surface area (Å²) in [5.41, 5.74) is 3.09. The van der Waals surface area contributed by atoms with Crippen molar-refractivity contribution in [2.75, 3.05) is 27.9 Å². The molecule has 152 valence electrons. The number of fused-ring (bicyclic) bond motifs is 1. The van der Waals surface area contributed by atoms with Crippen LogP contribution in [0.5, 0.6) is 23.0 Å². The molecular formula is C19H24N2O6S. The molecule has 9 heteroatoms. The molecule has 0 saturated carbocycles. The minimum Gasteiger partial charge on any atom is -0.497 e. The van der Waals surface area contributed by atoms with Crippen LogP contribution in [0.1, 0.15) is 16.7 Å². The Morgan fingerprint density at radius 1 is 0.964 bits per heavy atom. The van der Waals surface area contributed by atoms with Crippen LogP contribution in [0.15, 0.2) is 30.3 Å². The van der Waals surface area contributed by atoms with Crippen LogP contribution in [-0.4, -0.2) is 41.2 Å². The molecule has 2 aromatic rings. The first kappa shape index (κ1) is 20.2. The predicted octanol–water partition coefficient (Wildman–Crippen LogP) is 1.85. The van der Waals surface area contributed by atoms with E-state index < -0.39 is 10.3 Å². The normalized spacial score (nSPS) is 14.3. The van der Waals surface area contributed by atoms with Gasteiger partial charge in [-0.25, -0.2) is 0 Å². The van der Waals surface area contributed by atoms with Gasteiger partial charge in [-0.05, 0) is 47.9 Å². The van der Waals surface area contributed by atoms with Gasteiger partial charge in [-0.2, -0.15) is 13.6 Å². The largest absolute Gasteiger partial charge is 0.497 e. The molecular weight excluding hydrogens is 384 g/mol. The second-order valence-electron chi connectivity index (χ2n) is 6.49. The molecule has 0 spiro atoms. The highest BCUT2D eigenvalue weighted by molar-refractivity contribution is 7.84. The minimum absolute atomic E-state index is 0.103. The molecule has 0 aliphatic carbocycles. The topological polar surface area (TPSA) is 100 Å². The van der Waals surface area contributed by atoms with Crippen molar-refractivity contribution >= 4 is 10.3 Å². The number of methoxy groups -OCH3 is 3. The summed E-state index contributed by atoms with van der Waals surface area (Å²) in [6.07, 6.45) is 0.743. The van der Waals surface area contributed by atoms with Gasteiger partial charge in [-0.15, -0.1) is 0 Å². The third-order valence-corrected chi connectivity index (χ3v) is 5.08. The number of nitrogens with two attached hydrogens (primary N) is 1. The number of benzene rings is 2. The molecule has 1 aliphatic heterocycles. The first-order chi connectivity index (χ1) is 13.3. The van der Waals surface area contributed by atoms with Crippen LogP contribution in [0.3, 0.4) is 0 Å². The summed E-state index contributed by atoms with van der Waals surface area (Å²) in [6.45, 7) is 2.17. The first-order valence-electron chi connectivity index (χ1n) is 8.68. The lowest BCUT2D eigenvalue weighted by molar-refractivity contribution is 0.240. The third kappa shape index (κ3) is 4.67. The van der Waals surface area contributed by atoms with Gasteiger partial charge in [0.05, 0.1) is 21.3 Å². The number of hydrogen-bond donors (Lipinski definition) is 1. The zero-order chi connectivity index (χ0) is 20.3. The van der Waals surface area contributed by atoms with Crippen molar-refractivity contribution in [3.63, 3.8) is 0 Å². The molecule has 8 nitrogen and oxygen atoms in total. The molecule has 2 aromatic carbocycles. The maximum Gasteiger partial charge on any atom is 0.380 e. The van der Waals surface area contributed by atoms with Crippen LogP contribution in [0.2, 0.25) is 0 Å². The number of ether oxygens (including phenoxy) is 3. The maximum atomic E-state index is 11.3. The van der Waals surface area contributed by atoms with Gasteiger partial charge < -0.3 is 18.4 Å². The van der Waals surface area contributed by atoms with E-state index in [2.05, 4.69) is 4.90 Å². The summed E-state index contributed by atoms with van der Waals surface area (Å²) in [7, 11) is 0.622. The van der Waals surface area contributed by atoms with Gasteiger partial charge in [0, 0.05) is 25.2 Å². The van der Waals surface area contributed by atoms with Crippen molar-refractivity contribution in [1.29, 1.82) is 0 Å². The molecule has 0 amide bonds. The molecule has 3 rings (SSSR count). The SMILES string of the molecule is COc1ccc(OC)c(CN2CCc3cc(OS(N)(=O)=O)c(OC)cc3C2)c1. The Hall–Kier alpha value is -2.49. The fourth-order valence-corrected chi connectivity index (χ4v) is 3.73. The van der Waals surface area contributed by atoms with Gasteiger partial charge in [0.15, 0.2) is 11.5 Å². The maximum absolute atomic E-state index is 11.3. The van der Waals surface area contributed by atoms with Gasteiger partial charge in [-0.3, -0.25) is 4.90 Å². The first-order valence-corrected chi connectivity index (χ1v) is 10.2. The third-order valence-electron chi connectivity index (χ3n) is 4.66. The standard InChI is InChI=1S/C19H24N2O6S/c1-24-16-4-5-17(25-2)15(8-16)12-21-7-6-13-9-19(27-28(20,22)23)18(26-3)10-14(13)11-21/h4-5,8-10H,6-7,11-12H2,1-3H3,(H2,20,22,23). The highest BCUT2D eigenvalue weighted by atomic mass is 32.2. The lowest BCUT2D eigenvalue weighted by atomic mass is 9.98. The van der Waals surface area contributed by atoms with Crippen molar-refractivity contribution in [1.82, 2.24) is 4.90 Å². The van der Waals surface area contributed by atoms with E-state index in [1.54, 1.807) is 26.4 Å². The van der Waals surface area contributed by atoms with Crippen molar-refractivity contribution < 1.29 is 26.8 Å². The zero-order valence-electron chi connectivity index (χ0n) is 16.1. The van der Waals surface area contributed by atoms with E-state index in [0.29, 0.717) is 18.8 Å². The van der Waals surface area contributed by atoms with Crippen LogP contribution in [-0.2, 0) is 29.8 Å². The second kappa shape index (κ2) is 8.26. The molecule has 28 heavy (non-hydrogen) atoms. The van der Waals surface area contributed by atoms with Crippen LogP contribution in [0.4, 0.5) is 0 Å². The van der Waals surface area contributed by atoms with Gasteiger partial charge in [0.2, 0.25) is 0 Å². The van der Waals surface area contributed by atoms with Crippen LogP contribution >= 0.6 is 0 Å². The fourth-order valence-electron chi connectivity index (χ4n) is 3.35. The molecule has 0 atom stereocenters. The lowest BCUT2D eigenvalue weighted by Gasteiger charge is -2.30. The van der Waals surface area contributed by atoms with E-state index in [1.165, 1.54) is 7.11 Å².